The maximum absolute atomic E-state index is 13.7. The van der Waals surface area contributed by atoms with E-state index in [2.05, 4.69) is 60.6 Å². The van der Waals surface area contributed by atoms with E-state index in [0.29, 0.717) is 34.1 Å². The zero-order valence-corrected chi connectivity index (χ0v) is 37.9. The molecule has 1 aliphatic carbocycles. The minimum atomic E-state index is -0.743. The summed E-state index contributed by atoms with van der Waals surface area (Å²) in [5.41, 5.74) is 16.9. The van der Waals surface area contributed by atoms with E-state index in [1.54, 1.807) is 13.0 Å². The second-order valence-corrected chi connectivity index (χ2v) is 16.5. The molecule has 0 radical (unpaired) electrons. The van der Waals surface area contributed by atoms with Crippen molar-refractivity contribution in [2.24, 2.45) is 0 Å². The maximum Gasteiger partial charge on any atom is 2.00 e. The summed E-state index contributed by atoms with van der Waals surface area (Å²) in [5, 5.41) is 24.7. The van der Waals surface area contributed by atoms with Crippen molar-refractivity contribution in [3.05, 3.63) is 103 Å². The number of hydrogen-bond acceptors (Lipinski definition) is 6. The molecule has 6 rings (SSSR count). The summed E-state index contributed by atoms with van der Waals surface area (Å²) in [6, 6.07) is 3.97. The van der Waals surface area contributed by atoms with Crippen LogP contribution in [0.25, 0.3) is 45.0 Å². The first kappa shape index (κ1) is 44.9. The van der Waals surface area contributed by atoms with Crippen LogP contribution in [0.5, 0.6) is 0 Å². The summed E-state index contributed by atoms with van der Waals surface area (Å²) in [5.74, 6) is -0.593. The first-order valence-electron chi connectivity index (χ1n) is 20.7. The zero-order valence-electron chi connectivity index (χ0n) is 36.5. The molecule has 5 heterocycles. The molecule has 3 aliphatic rings. The molecular weight excluding hydrogens is 733 g/mol. The molecule has 2 aliphatic heterocycles. The molecule has 0 unspecified atom stereocenters. The zero-order chi connectivity index (χ0) is 41.3. The number of carbonyl (C=O) groups excluding carboxylic acids is 1. The third-order valence-corrected chi connectivity index (χ3v) is 12.1. The van der Waals surface area contributed by atoms with E-state index in [9.17, 15) is 15.0 Å². The van der Waals surface area contributed by atoms with Crippen molar-refractivity contribution in [2.45, 2.75) is 139 Å². The molecule has 3 aromatic heterocycles. The topological polar surface area (TPSA) is 124 Å². The first-order valence-corrected chi connectivity index (χ1v) is 20.7. The Morgan fingerprint density at radius 3 is 2.21 bits per heavy atom. The molecule has 0 spiro atoms. The van der Waals surface area contributed by atoms with Crippen LogP contribution in [0.15, 0.2) is 47.1 Å². The van der Waals surface area contributed by atoms with Gasteiger partial charge in [-0.1, -0.05) is 72.1 Å². The van der Waals surface area contributed by atoms with Crippen molar-refractivity contribution in [3.63, 3.8) is 0 Å². The third kappa shape index (κ3) is 9.17. The van der Waals surface area contributed by atoms with Crippen LogP contribution in [-0.4, -0.2) is 50.7 Å². The Morgan fingerprint density at radius 1 is 0.879 bits per heavy atom. The molecule has 8 nitrogen and oxygen atoms in total. The van der Waals surface area contributed by atoms with Gasteiger partial charge in [-0.05, 0) is 140 Å². The smallest absolute Gasteiger partial charge is 0.872 e. The van der Waals surface area contributed by atoms with Crippen LogP contribution in [-0.2, 0) is 9.53 Å². The monoisotopic (exact) mass is 791 g/mol. The Labute approximate surface area is 360 Å². The molecule has 9 heteroatoms. The summed E-state index contributed by atoms with van der Waals surface area (Å²) in [7, 11) is 0. The number of ether oxygens (including phenoxy) is 1. The minimum Gasteiger partial charge on any atom is -0.872 e. The largest absolute Gasteiger partial charge is 2.00 e. The molecular formula is C49H59MgN4O4-. The summed E-state index contributed by atoms with van der Waals surface area (Å²) in [6.45, 7) is 22.9. The van der Waals surface area contributed by atoms with Gasteiger partial charge >= 0.3 is 29.0 Å². The second kappa shape index (κ2) is 18.8. The van der Waals surface area contributed by atoms with E-state index in [1.165, 1.54) is 16.7 Å². The molecule has 0 saturated carbocycles. The number of esters is 1. The van der Waals surface area contributed by atoms with Gasteiger partial charge in [-0.2, -0.15) is 0 Å². The number of nitrogens with zero attached hydrogens (tertiary/aromatic N) is 4. The molecule has 1 N–H and O–H groups in total. The van der Waals surface area contributed by atoms with Gasteiger partial charge in [0.05, 0.1) is 23.2 Å². The number of aryl methyl sites for hydroxylation is 3. The third-order valence-electron chi connectivity index (χ3n) is 12.1. The van der Waals surface area contributed by atoms with Crippen molar-refractivity contribution >= 4 is 74.1 Å². The van der Waals surface area contributed by atoms with Crippen LogP contribution in [0.3, 0.4) is 0 Å². The standard InChI is InChI=1S/C49H60N4O4.Mg/c1-12-35-29(6)38-25-41-44(34(11)54)32(9)47(52-41)33(10)46-30(7)36(19-20-43(56)57-22-21-28(5)18-14-17-27(4)16-13-15-26(2)3)48(53-46)37-23-42(55)45-31(8)39(51-49(37)45)24-40(35)50-38;/h15,17,21,23-25,30,34,36,54H,12-14,16,18-20,22H2,1-11H3,(H-2,50,51,52,53,55);/q-2;+2/p-1/b27-17+,28-21+;/t30-,34+,36-;/m0./s1. The first-order chi connectivity index (χ1) is 27.1. The Balaban J connectivity index is 0.00000641. The molecule has 302 valence electrons. The van der Waals surface area contributed by atoms with E-state index < -0.39 is 6.10 Å². The number of aliphatic hydroxyl groups is 1. The van der Waals surface area contributed by atoms with Gasteiger partial charge < -0.3 is 24.9 Å². The Bertz CT molecular complexity index is 2420. The number of allylic oxidation sites excluding steroid dienone is 7. The van der Waals surface area contributed by atoms with Crippen molar-refractivity contribution in [1.29, 1.82) is 0 Å². The molecule has 0 fully saturated rings. The van der Waals surface area contributed by atoms with Gasteiger partial charge in [-0.25, -0.2) is 4.98 Å². The number of aliphatic hydroxyl groups excluding tert-OH is 1. The molecule has 58 heavy (non-hydrogen) atoms. The van der Waals surface area contributed by atoms with Crippen LogP contribution >= 0.6 is 0 Å². The quantitative estimate of drug-likeness (QED) is 0.103. The normalized spacial score (nSPS) is 17.0. The van der Waals surface area contributed by atoms with Crippen molar-refractivity contribution < 1.29 is 19.7 Å². The minimum absolute atomic E-state index is 0. The molecule has 0 amide bonds. The van der Waals surface area contributed by atoms with Crippen molar-refractivity contribution in [3.8, 4) is 0 Å². The van der Waals surface area contributed by atoms with Crippen molar-refractivity contribution in [1.82, 2.24) is 19.9 Å². The van der Waals surface area contributed by atoms with E-state index >= 15 is 0 Å². The fraction of sp³-hybridized carbons (Fsp3) is 0.449. The van der Waals surface area contributed by atoms with Gasteiger partial charge in [-0.3, -0.25) is 9.78 Å². The van der Waals surface area contributed by atoms with E-state index in [0.717, 1.165) is 93.8 Å². The fourth-order valence-corrected chi connectivity index (χ4v) is 8.75. The molecule has 3 atom stereocenters. The van der Waals surface area contributed by atoms with E-state index in [4.69, 9.17) is 24.7 Å². The average Bonchev–Trinajstić information content (AvgIpc) is 3.91. The van der Waals surface area contributed by atoms with Gasteiger partial charge in [0.2, 0.25) is 0 Å². The van der Waals surface area contributed by atoms with Crippen molar-refractivity contribution in [2.75, 3.05) is 6.61 Å². The average molecular weight is 792 g/mol. The van der Waals surface area contributed by atoms with Crippen LogP contribution < -0.4 is 15.1 Å². The van der Waals surface area contributed by atoms with Crippen LogP contribution in [0.1, 0.15) is 174 Å². The number of carbonyl (C=O) groups is 1. The van der Waals surface area contributed by atoms with Gasteiger partial charge in [0.1, 0.15) is 6.61 Å². The van der Waals surface area contributed by atoms with E-state index in [1.807, 2.05) is 39.0 Å². The predicted molar refractivity (Wildman–Crippen MR) is 237 cm³/mol. The van der Waals surface area contributed by atoms with Gasteiger partial charge in [0, 0.05) is 24.0 Å². The van der Waals surface area contributed by atoms with Gasteiger partial charge in [-0.15, -0.1) is 27.8 Å². The maximum atomic E-state index is 13.7. The number of rotatable bonds is 13. The molecule has 0 aromatic carbocycles. The molecule has 0 saturated heterocycles. The van der Waals surface area contributed by atoms with Crippen LogP contribution in [0.4, 0.5) is 0 Å². The number of hydrogen-bond donors (Lipinski definition) is 1. The predicted octanol–water partition coefficient (Wildman–Crippen LogP) is 10.3. The summed E-state index contributed by atoms with van der Waals surface area (Å²) < 4.78 is 5.73. The Morgan fingerprint density at radius 2 is 1.53 bits per heavy atom. The van der Waals surface area contributed by atoms with Gasteiger partial charge in [0.25, 0.3) is 0 Å². The Kier molecular flexibility index (Phi) is 14.6. The molecule has 8 bridgehead atoms. The summed E-state index contributed by atoms with van der Waals surface area (Å²) in [4.78, 5) is 33.8. The SMILES string of the molecule is CCC1=C(C)c2cc3[n-]c(c(C)c4nc(c5c6[n-]c(cc1n2)c(C)c6C([O-])=C5)[C@@H](CCC(=O)OC/C=C(\C)CC/C=C(\C)CCC=C(C)C)[C@@H]4C)c(C)c3[C@@H](C)O.[Mg+2]. The second-order valence-electron chi connectivity index (χ2n) is 16.5. The van der Waals surface area contributed by atoms with Crippen LogP contribution in [0.2, 0.25) is 0 Å². The number of aromatic nitrogens is 4. The fourth-order valence-electron chi connectivity index (χ4n) is 8.75. The van der Waals surface area contributed by atoms with E-state index in [-0.39, 0.29) is 59.6 Å². The van der Waals surface area contributed by atoms with Crippen LogP contribution in [0, 0.1) is 20.8 Å². The van der Waals surface area contributed by atoms with Gasteiger partial charge in [0.15, 0.2) is 0 Å². The molecule has 3 aromatic rings. The Hall–Kier alpha value is -4.18. The number of fused-ring (bicyclic) bond motifs is 8. The summed E-state index contributed by atoms with van der Waals surface area (Å²) >= 11 is 0. The summed E-state index contributed by atoms with van der Waals surface area (Å²) in [6.07, 6.45) is 13.0.